The molecule has 6 aliphatic rings. The average Bonchev–Trinajstić information content (AvgIpc) is 3.35. The molecule has 188 valence electrons. The third-order valence-electron chi connectivity index (χ3n) is 9.94. The highest BCUT2D eigenvalue weighted by atomic mass is 16.1. The molecule has 2 N–H and O–H groups in total. The van der Waals surface area contributed by atoms with Gasteiger partial charge in [-0.2, -0.15) is 0 Å². The largest absolute Gasteiger partial charge is 0.360 e. The van der Waals surface area contributed by atoms with E-state index in [0.29, 0.717) is 6.04 Å². The molecule has 1 atom stereocenters. The number of carbonyl (C=O) groups is 1. The number of benzene rings is 2. The van der Waals surface area contributed by atoms with Gasteiger partial charge < -0.3 is 15.5 Å². The molecule has 2 aromatic rings. The van der Waals surface area contributed by atoms with Crippen molar-refractivity contribution in [3.63, 3.8) is 0 Å². The van der Waals surface area contributed by atoms with Gasteiger partial charge in [0, 0.05) is 23.8 Å². The van der Waals surface area contributed by atoms with E-state index in [2.05, 4.69) is 76.3 Å². The van der Waals surface area contributed by atoms with E-state index in [-0.39, 0.29) is 18.0 Å². The van der Waals surface area contributed by atoms with Gasteiger partial charge in [0.15, 0.2) is 0 Å². The summed E-state index contributed by atoms with van der Waals surface area (Å²) < 4.78 is 0. The van der Waals surface area contributed by atoms with Crippen LogP contribution in [-0.4, -0.2) is 16.8 Å². The zero-order valence-corrected chi connectivity index (χ0v) is 21.2. The second-order valence-corrected chi connectivity index (χ2v) is 12.3. The smallest absolute Gasteiger partial charge is 0.227 e. The number of amides is 1. The van der Waals surface area contributed by atoms with Gasteiger partial charge in [0.2, 0.25) is 5.91 Å². The Balaban J connectivity index is 1.14. The minimum Gasteiger partial charge on any atom is -0.360 e. The van der Waals surface area contributed by atoms with E-state index in [1.807, 2.05) is 0 Å². The van der Waals surface area contributed by atoms with Crippen LogP contribution in [0, 0.1) is 29.6 Å². The first kappa shape index (κ1) is 22.4. The van der Waals surface area contributed by atoms with Crippen molar-refractivity contribution >= 4 is 17.3 Å². The Morgan fingerprint density at radius 2 is 1.47 bits per heavy atom. The van der Waals surface area contributed by atoms with Gasteiger partial charge in [-0.1, -0.05) is 61.7 Å². The van der Waals surface area contributed by atoms with Crippen LogP contribution in [0.5, 0.6) is 0 Å². The lowest BCUT2D eigenvalue weighted by Crippen LogP contribution is -2.55. The van der Waals surface area contributed by atoms with Gasteiger partial charge >= 0.3 is 0 Å². The molecule has 0 radical (unpaired) electrons. The van der Waals surface area contributed by atoms with Crippen molar-refractivity contribution < 1.29 is 4.79 Å². The molecular weight excluding hydrogens is 442 g/mol. The summed E-state index contributed by atoms with van der Waals surface area (Å²) >= 11 is 0. The van der Waals surface area contributed by atoms with E-state index in [1.165, 1.54) is 68.2 Å². The van der Waals surface area contributed by atoms with E-state index >= 15 is 0 Å². The number of hydrogen-bond acceptors (Lipinski definition) is 3. The standard InChI is InChI=1S/C32H39N3O/c36-32(25-9-5-2-6-10-25)33-28-13-11-24(12-14-28)31-34-29(23-7-3-1-4-8-23)20-35(31)30-26-16-21-15-22(18-26)19-27(30)17-21/h1,3-4,7-8,11-14,20-22,25-27,30-31,34H,2,5-6,9-10,15-19H2,(H,33,36). The second kappa shape index (κ2) is 9.28. The van der Waals surface area contributed by atoms with Crippen LogP contribution in [0.25, 0.3) is 5.70 Å². The first-order valence-electron chi connectivity index (χ1n) is 14.4. The van der Waals surface area contributed by atoms with Crippen LogP contribution < -0.4 is 10.6 Å². The summed E-state index contributed by atoms with van der Waals surface area (Å²) in [6.45, 7) is 0. The number of carbonyl (C=O) groups excluding carboxylic acids is 1. The van der Waals surface area contributed by atoms with E-state index in [0.717, 1.165) is 42.2 Å². The minimum absolute atomic E-state index is 0.144. The molecule has 4 heteroatoms. The molecule has 5 saturated carbocycles. The fraction of sp³-hybridized carbons (Fsp3) is 0.531. The van der Waals surface area contributed by atoms with Gasteiger partial charge in [-0.05, 0) is 91.9 Å². The zero-order valence-electron chi connectivity index (χ0n) is 21.2. The van der Waals surface area contributed by atoms with Crippen LogP contribution in [-0.2, 0) is 4.79 Å². The number of nitrogens with one attached hydrogen (secondary N) is 2. The minimum atomic E-state index is 0.144. The average molecular weight is 482 g/mol. The molecule has 0 spiro atoms. The van der Waals surface area contributed by atoms with Gasteiger partial charge in [0.1, 0.15) is 6.17 Å². The second-order valence-electron chi connectivity index (χ2n) is 12.3. The summed E-state index contributed by atoms with van der Waals surface area (Å²) in [5, 5.41) is 7.09. The summed E-state index contributed by atoms with van der Waals surface area (Å²) in [6, 6.07) is 20.0. The van der Waals surface area contributed by atoms with E-state index in [4.69, 9.17) is 0 Å². The van der Waals surface area contributed by atoms with Crippen LogP contribution in [0.4, 0.5) is 5.69 Å². The van der Waals surface area contributed by atoms with Crippen LogP contribution in [0.15, 0.2) is 60.8 Å². The molecule has 1 heterocycles. The highest BCUT2D eigenvalue weighted by Crippen LogP contribution is 2.56. The van der Waals surface area contributed by atoms with Crippen LogP contribution in [0.2, 0.25) is 0 Å². The summed E-state index contributed by atoms with van der Waals surface area (Å²) in [5.41, 5.74) is 4.68. The number of rotatable bonds is 5. The quantitative estimate of drug-likeness (QED) is 0.486. The predicted molar refractivity (Wildman–Crippen MR) is 145 cm³/mol. The Morgan fingerprint density at radius 3 is 2.14 bits per heavy atom. The molecule has 5 aliphatic carbocycles. The van der Waals surface area contributed by atoms with Gasteiger partial charge in [-0.15, -0.1) is 0 Å². The number of hydrogen-bond donors (Lipinski definition) is 2. The Labute approximate surface area is 215 Å². The molecule has 1 unspecified atom stereocenters. The SMILES string of the molecule is O=C(Nc1ccc(C2NC(c3ccccc3)=CN2C2C3CC4CC(C3)CC2C4)cc1)C1CCCCC1. The highest BCUT2D eigenvalue weighted by Gasteiger charge is 2.51. The van der Waals surface area contributed by atoms with Crippen LogP contribution >= 0.6 is 0 Å². The lowest BCUT2D eigenvalue weighted by atomic mass is 9.54. The van der Waals surface area contributed by atoms with Crippen molar-refractivity contribution in [1.29, 1.82) is 0 Å². The molecular formula is C32H39N3O. The van der Waals surface area contributed by atoms with Gasteiger partial charge in [-0.3, -0.25) is 4.79 Å². The molecule has 1 aliphatic heterocycles. The van der Waals surface area contributed by atoms with Crippen molar-refractivity contribution in [2.24, 2.45) is 29.6 Å². The van der Waals surface area contributed by atoms with Crippen LogP contribution in [0.1, 0.15) is 81.5 Å². The molecule has 0 aromatic heterocycles. The molecule has 2 aromatic carbocycles. The van der Waals surface area contributed by atoms with Crippen molar-refractivity contribution in [2.75, 3.05) is 5.32 Å². The first-order chi connectivity index (χ1) is 17.7. The maximum Gasteiger partial charge on any atom is 0.227 e. The molecule has 4 nitrogen and oxygen atoms in total. The monoisotopic (exact) mass is 481 g/mol. The third kappa shape index (κ3) is 4.13. The maximum absolute atomic E-state index is 12.8. The lowest BCUT2D eigenvalue weighted by Gasteiger charge is -2.57. The topological polar surface area (TPSA) is 44.4 Å². The normalized spacial score (nSPS) is 33.3. The molecule has 1 amide bonds. The van der Waals surface area contributed by atoms with Gasteiger partial charge in [0.25, 0.3) is 0 Å². The number of nitrogens with zero attached hydrogens (tertiary/aromatic N) is 1. The lowest BCUT2D eigenvalue weighted by molar-refractivity contribution is -0.120. The van der Waals surface area contributed by atoms with Crippen LogP contribution in [0.3, 0.4) is 0 Å². The zero-order chi connectivity index (χ0) is 24.1. The molecule has 36 heavy (non-hydrogen) atoms. The Bertz CT molecular complexity index is 1090. The fourth-order valence-corrected chi connectivity index (χ4v) is 8.51. The van der Waals surface area contributed by atoms with E-state index in [1.54, 1.807) is 0 Å². The van der Waals surface area contributed by atoms with Crippen molar-refractivity contribution in [3.05, 3.63) is 71.9 Å². The first-order valence-corrected chi connectivity index (χ1v) is 14.4. The molecule has 4 bridgehead atoms. The van der Waals surface area contributed by atoms with Gasteiger partial charge in [0.05, 0.1) is 5.70 Å². The summed E-state index contributed by atoms with van der Waals surface area (Å²) in [7, 11) is 0. The summed E-state index contributed by atoms with van der Waals surface area (Å²) in [6.07, 6.45) is 15.4. The molecule has 8 rings (SSSR count). The Morgan fingerprint density at radius 1 is 0.806 bits per heavy atom. The fourth-order valence-electron chi connectivity index (χ4n) is 8.51. The third-order valence-corrected chi connectivity index (χ3v) is 9.94. The van der Waals surface area contributed by atoms with E-state index in [9.17, 15) is 4.79 Å². The Hall–Kier alpha value is -2.75. The Kier molecular flexibility index (Phi) is 5.79. The summed E-state index contributed by atoms with van der Waals surface area (Å²) in [4.78, 5) is 15.5. The van der Waals surface area contributed by atoms with Gasteiger partial charge in [-0.25, -0.2) is 0 Å². The predicted octanol–water partition coefficient (Wildman–Crippen LogP) is 6.93. The van der Waals surface area contributed by atoms with Crippen molar-refractivity contribution in [1.82, 2.24) is 10.2 Å². The maximum atomic E-state index is 12.8. The summed E-state index contributed by atoms with van der Waals surface area (Å²) in [5.74, 6) is 3.98. The van der Waals surface area contributed by atoms with Crippen molar-refractivity contribution in [2.45, 2.75) is 76.4 Å². The molecule has 5 fully saturated rings. The molecule has 0 saturated heterocycles. The van der Waals surface area contributed by atoms with Crippen molar-refractivity contribution in [3.8, 4) is 0 Å². The number of anilines is 1. The van der Waals surface area contributed by atoms with E-state index < -0.39 is 0 Å². The highest BCUT2D eigenvalue weighted by molar-refractivity contribution is 5.92.